The monoisotopic (exact) mass is 296 g/mol. The molecule has 106 valence electrons. The smallest absolute Gasteiger partial charge is 0.280 e. The van der Waals surface area contributed by atoms with Crippen molar-refractivity contribution in [3.05, 3.63) is 56.8 Å². The second-order valence-corrected chi connectivity index (χ2v) is 5.42. The Morgan fingerprint density at radius 3 is 2.90 bits per heavy atom. The fraction of sp³-hybridized carbons (Fsp3) is 0.357. The summed E-state index contributed by atoms with van der Waals surface area (Å²) in [5, 5.41) is 5.78. The average Bonchev–Trinajstić information content (AvgIpc) is 2.89. The number of nitrogens with one attached hydrogen (secondary N) is 2. The van der Waals surface area contributed by atoms with Crippen molar-refractivity contribution in [1.29, 1.82) is 0 Å². The number of rotatable bonds is 2. The van der Waals surface area contributed by atoms with Gasteiger partial charge in [-0.3, -0.25) is 4.79 Å². The van der Waals surface area contributed by atoms with Crippen LogP contribution in [0.4, 0.5) is 4.39 Å². The van der Waals surface area contributed by atoms with Gasteiger partial charge in [0.2, 0.25) is 0 Å². The van der Waals surface area contributed by atoms with Crippen LogP contribution < -0.4 is 10.9 Å². The minimum absolute atomic E-state index is 0.0284. The molecule has 2 aromatic rings. The van der Waals surface area contributed by atoms with Crippen LogP contribution >= 0.6 is 11.6 Å². The van der Waals surface area contributed by atoms with Crippen LogP contribution in [-0.4, -0.2) is 11.7 Å². The molecule has 20 heavy (non-hydrogen) atoms. The third kappa shape index (κ3) is 2.64. The highest BCUT2D eigenvalue weighted by atomic mass is 35.5. The number of halogens is 2. The Morgan fingerprint density at radius 1 is 1.35 bits per heavy atom. The molecule has 1 aromatic carbocycles. The van der Waals surface area contributed by atoms with Crippen molar-refractivity contribution in [3.8, 4) is 0 Å². The fourth-order valence-corrected chi connectivity index (χ4v) is 2.78. The van der Waals surface area contributed by atoms with Crippen molar-refractivity contribution >= 4 is 11.6 Å². The molecule has 6 heteroatoms. The molecular weight excluding hydrogens is 283 g/mol. The minimum atomic E-state index is -0.415. The fourth-order valence-electron chi connectivity index (χ4n) is 2.66. The molecule has 4 nitrogen and oxygen atoms in total. The van der Waals surface area contributed by atoms with E-state index < -0.39 is 5.82 Å². The summed E-state index contributed by atoms with van der Waals surface area (Å²) in [5.41, 5.74) is 0.627. The van der Waals surface area contributed by atoms with Gasteiger partial charge in [-0.15, -0.1) is 0 Å². The molecule has 0 bridgehead atoms. The molecule has 0 amide bonds. The predicted molar refractivity (Wildman–Crippen MR) is 73.5 cm³/mol. The van der Waals surface area contributed by atoms with Crippen LogP contribution in [0.2, 0.25) is 5.02 Å². The molecule has 1 aliphatic rings. The summed E-state index contributed by atoms with van der Waals surface area (Å²) in [6.07, 6.45) is 1.63. The van der Waals surface area contributed by atoms with Gasteiger partial charge in [0.1, 0.15) is 11.6 Å². The van der Waals surface area contributed by atoms with E-state index in [4.69, 9.17) is 16.1 Å². The molecule has 1 aromatic heterocycles. The van der Waals surface area contributed by atoms with Crippen molar-refractivity contribution in [3.63, 3.8) is 0 Å². The summed E-state index contributed by atoms with van der Waals surface area (Å²) in [5.74, 6) is 0.399. The van der Waals surface area contributed by atoms with Crippen molar-refractivity contribution in [1.82, 2.24) is 10.5 Å². The lowest BCUT2D eigenvalue weighted by Crippen LogP contribution is -2.30. The van der Waals surface area contributed by atoms with E-state index >= 15 is 0 Å². The Labute approximate surface area is 119 Å². The first kappa shape index (κ1) is 13.4. The van der Waals surface area contributed by atoms with Crippen LogP contribution in [0, 0.1) is 5.82 Å². The van der Waals surface area contributed by atoms with Gasteiger partial charge in [-0.2, -0.15) is 5.16 Å². The maximum absolute atomic E-state index is 13.5. The number of hydrogen-bond donors (Lipinski definition) is 2. The van der Waals surface area contributed by atoms with Crippen LogP contribution in [0.5, 0.6) is 0 Å². The summed E-state index contributed by atoms with van der Waals surface area (Å²) >= 11 is 5.70. The first-order valence-corrected chi connectivity index (χ1v) is 6.88. The topological polar surface area (TPSA) is 58.0 Å². The van der Waals surface area contributed by atoms with Gasteiger partial charge in [-0.05, 0) is 37.1 Å². The zero-order valence-corrected chi connectivity index (χ0v) is 11.4. The van der Waals surface area contributed by atoms with Crippen molar-refractivity contribution < 1.29 is 8.91 Å². The Hall–Kier alpha value is -1.59. The lowest BCUT2D eigenvalue weighted by atomic mass is 9.87. The van der Waals surface area contributed by atoms with E-state index in [0.29, 0.717) is 5.76 Å². The van der Waals surface area contributed by atoms with Crippen molar-refractivity contribution in [2.75, 3.05) is 6.54 Å². The van der Waals surface area contributed by atoms with E-state index in [1.54, 1.807) is 6.07 Å². The summed E-state index contributed by atoms with van der Waals surface area (Å²) in [6, 6.07) is 6.35. The van der Waals surface area contributed by atoms with E-state index in [0.717, 1.165) is 24.9 Å². The molecule has 2 heterocycles. The molecular formula is C14H14ClFN2O2. The first-order chi connectivity index (χ1) is 9.63. The highest BCUT2D eigenvalue weighted by Gasteiger charge is 2.26. The number of aromatic amines is 1. The van der Waals surface area contributed by atoms with Gasteiger partial charge in [-0.1, -0.05) is 17.7 Å². The van der Waals surface area contributed by atoms with Gasteiger partial charge in [0, 0.05) is 18.0 Å². The van der Waals surface area contributed by atoms with E-state index in [1.807, 2.05) is 6.07 Å². The zero-order chi connectivity index (χ0) is 14.1. The SMILES string of the molecule is O=c1cc([C@@H]2CCN[C@@H](c3ccc(Cl)c(F)c3)C2)o[nH]1. The summed E-state index contributed by atoms with van der Waals surface area (Å²) in [6.45, 7) is 0.786. The molecule has 1 saturated heterocycles. The Balaban J connectivity index is 1.81. The predicted octanol–water partition coefficient (Wildman–Crippen LogP) is 2.97. The van der Waals surface area contributed by atoms with Gasteiger partial charge in [0.15, 0.2) is 0 Å². The number of hydrogen-bond acceptors (Lipinski definition) is 3. The molecule has 2 atom stereocenters. The highest BCUT2D eigenvalue weighted by Crippen LogP contribution is 2.34. The standard InChI is InChI=1S/C14H14ClFN2O2/c15-10-2-1-8(5-11(10)16)12-6-9(3-4-17-12)13-7-14(19)18-20-13/h1-2,5,7,9,12,17H,3-4,6H2,(H,18,19)/t9-,12-/m1/s1. The van der Waals surface area contributed by atoms with Gasteiger partial charge < -0.3 is 9.84 Å². The molecule has 0 unspecified atom stereocenters. The highest BCUT2D eigenvalue weighted by molar-refractivity contribution is 6.30. The molecule has 0 saturated carbocycles. The summed E-state index contributed by atoms with van der Waals surface area (Å²) in [7, 11) is 0. The number of H-pyrrole nitrogens is 1. The van der Waals surface area contributed by atoms with Crippen LogP contribution in [0.3, 0.4) is 0 Å². The number of piperidine rings is 1. The van der Waals surface area contributed by atoms with Crippen LogP contribution in [0.15, 0.2) is 33.6 Å². The molecule has 0 radical (unpaired) electrons. The molecule has 0 spiro atoms. The van der Waals surface area contributed by atoms with Crippen molar-refractivity contribution in [2.24, 2.45) is 0 Å². The number of aromatic nitrogens is 1. The number of benzene rings is 1. The quantitative estimate of drug-likeness (QED) is 0.896. The van der Waals surface area contributed by atoms with Crippen LogP contribution in [0.25, 0.3) is 0 Å². The molecule has 1 aliphatic heterocycles. The summed E-state index contributed by atoms with van der Waals surface area (Å²) < 4.78 is 18.7. The van der Waals surface area contributed by atoms with Crippen molar-refractivity contribution in [2.45, 2.75) is 24.8 Å². The largest absolute Gasteiger partial charge is 0.383 e. The van der Waals surface area contributed by atoms with Crippen LogP contribution in [0.1, 0.15) is 36.1 Å². The average molecular weight is 297 g/mol. The molecule has 1 fully saturated rings. The molecule has 0 aliphatic carbocycles. The Kier molecular flexibility index (Phi) is 3.63. The lowest BCUT2D eigenvalue weighted by Gasteiger charge is -2.29. The maximum atomic E-state index is 13.5. The normalized spacial score (nSPS) is 22.9. The van der Waals surface area contributed by atoms with Gasteiger partial charge in [0.25, 0.3) is 5.56 Å². The van der Waals surface area contributed by atoms with Gasteiger partial charge >= 0.3 is 0 Å². The van der Waals surface area contributed by atoms with Gasteiger partial charge in [-0.25, -0.2) is 4.39 Å². The maximum Gasteiger partial charge on any atom is 0.280 e. The molecule has 3 rings (SSSR count). The Morgan fingerprint density at radius 2 is 2.20 bits per heavy atom. The second-order valence-electron chi connectivity index (χ2n) is 5.02. The van der Waals surface area contributed by atoms with E-state index in [9.17, 15) is 9.18 Å². The summed E-state index contributed by atoms with van der Waals surface area (Å²) in [4.78, 5) is 11.1. The first-order valence-electron chi connectivity index (χ1n) is 6.50. The lowest BCUT2D eigenvalue weighted by molar-refractivity contribution is 0.295. The van der Waals surface area contributed by atoms with E-state index in [2.05, 4.69) is 10.5 Å². The third-order valence-electron chi connectivity index (χ3n) is 3.69. The van der Waals surface area contributed by atoms with E-state index in [-0.39, 0.29) is 22.5 Å². The minimum Gasteiger partial charge on any atom is -0.383 e. The van der Waals surface area contributed by atoms with Crippen LogP contribution in [-0.2, 0) is 0 Å². The third-order valence-corrected chi connectivity index (χ3v) is 4.00. The van der Waals surface area contributed by atoms with E-state index in [1.165, 1.54) is 12.1 Å². The zero-order valence-electron chi connectivity index (χ0n) is 10.7. The molecule has 2 N–H and O–H groups in total. The van der Waals surface area contributed by atoms with Gasteiger partial charge in [0.05, 0.1) is 5.02 Å². The Bertz CT molecular complexity index is 667. The second kappa shape index (κ2) is 5.42.